The van der Waals surface area contributed by atoms with Crippen LogP contribution in [-0.4, -0.2) is 69.0 Å². The van der Waals surface area contributed by atoms with E-state index < -0.39 is 24.1 Å². The second kappa shape index (κ2) is 11.6. The van der Waals surface area contributed by atoms with Gasteiger partial charge in [-0.2, -0.15) is 0 Å². The molecule has 2 aromatic carbocycles. The Bertz CT molecular complexity index is 1200. The van der Waals surface area contributed by atoms with Crippen LogP contribution in [0.5, 0.6) is 17.2 Å². The van der Waals surface area contributed by atoms with Gasteiger partial charge >= 0.3 is 6.09 Å². The van der Waals surface area contributed by atoms with Crippen LogP contribution in [0.1, 0.15) is 24.8 Å². The van der Waals surface area contributed by atoms with Crippen molar-refractivity contribution in [3.05, 3.63) is 60.3 Å². The lowest BCUT2D eigenvalue weighted by Crippen LogP contribution is -2.54. The average Bonchev–Trinajstić information content (AvgIpc) is 2.88. The molecule has 0 radical (unpaired) electrons. The molecule has 2 heterocycles. The highest BCUT2D eigenvalue weighted by Gasteiger charge is 2.35. The van der Waals surface area contributed by atoms with E-state index in [9.17, 15) is 24.9 Å². The number of hydrogen-bond acceptors (Lipinski definition) is 7. The first-order chi connectivity index (χ1) is 17.4. The Labute approximate surface area is 208 Å². The summed E-state index contributed by atoms with van der Waals surface area (Å²) in [5, 5.41) is 32.5. The van der Waals surface area contributed by atoms with E-state index >= 15 is 0 Å². The highest BCUT2D eigenvalue weighted by molar-refractivity contribution is 5.89. The molecule has 2 atom stereocenters. The normalized spacial score (nSPS) is 17.5. The Morgan fingerprint density at radius 1 is 1.14 bits per heavy atom. The molecule has 0 unspecified atom stereocenters. The van der Waals surface area contributed by atoms with E-state index in [2.05, 4.69) is 10.3 Å². The van der Waals surface area contributed by atoms with E-state index in [1.54, 1.807) is 18.2 Å². The van der Waals surface area contributed by atoms with Crippen molar-refractivity contribution in [2.75, 3.05) is 19.7 Å². The largest absolute Gasteiger partial charge is 0.506 e. The molecule has 1 aromatic heterocycles. The van der Waals surface area contributed by atoms with Gasteiger partial charge in [0.1, 0.15) is 18.4 Å². The quantitative estimate of drug-likeness (QED) is 0.332. The summed E-state index contributed by atoms with van der Waals surface area (Å²) in [5.74, 6) is 0.487. The molecule has 1 fully saturated rings. The molecule has 0 aliphatic carbocycles. The number of piperidine rings is 1. The van der Waals surface area contributed by atoms with Gasteiger partial charge in [-0.15, -0.1) is 0 Å². The number of aliphatic hydroxyl groups excluding tert-OH is 1. The minimum absolute atomic E-state index is 0.00234. The third-order valence-corrected chi connectivity index (χ3v) is 5.99. The first-order valence-electron chi connectivity index (χ1n) is 11.8. The Kier molecular flexibility index (Phi) is 8.06. The van der Waals surface area contributed by atoms with Crippen molar-refractivity contribution in [3.8, 4) is 17.2 Å². The van der Waals surface area contributed by atoms with Crippen LogP contribution in [0.4, 0.5) is 4.79 Å². The number of pyridine rings is 1. The van der Waals surface area contributed by atoms with Gasteiger partial charge in [-0.1, -0.05) is 30.3 Å². The molecule has 1 aliphatic heterocycles. The van der Waals surface area contributed by atoms with Gasteiger partial charge in [0.05, 0.1) is 24.4 Å². The SMILES string of the molecule is O=C(NCCCOc1c(OCc2ccccc2)ccc2ncc(O)cc12)[C@@H]1C[C@H](O)CCN1C(=O)O. The zero-order valence-corrected chi connectivity index (χ0v) is 19.7. The van der Waals surface area contributed by atoms with E-state index in [1.165, 1.54) is 6.20 Å². The molecule has 190 valence electrons. The van der Waals surface area contributed by atoms with Gasteiger partial charge in [-0.05, 0) is 36.6 Å². The number of amides is 2. The second-order valence-corrected chi connectivity index (χ2v) is 8.59. The van der Waals surface area contributed by atoms with E-state index in [0.717, 1.165) is 10.5 Å². The predicted octanol–water partition coefficient (Wildman–Crippen LogP) is 2.91. The van der Waals surface area contributed by atoms with Crippen molar-refractivity contribution >= 4 is 22.9 Å². The minimum Gasteiger partial charge on any atom is -0.506 e. The van der Waals surface area contributed by atoms with Gasteiger partial charge in [0.15, 0.2) is 11.5 Å². The highest BCUT2D eigenvalue weighted by Crippen LogP contribution is 2.37. The number of rotatable bonds is 9. The zero-order valence-electron chi connectivity index (χ0n) is 19.7. The first kappa shape index (κ1) is 25.1. The molecular weight excluding hydrogens is 466 g/mol. The molecule has 3 aromatic rings. The number of nitrogens with zero attached hydrogens (tertiary/aromatic N) is 2. The summed E-state index contributed by atoms with van der Waals surface area (Å²) in [4.78, 5) is 29.3. The van der Waals surface area contributed by atoms with Crippen LogP contribution in [0.2, 0.25) is 0 Å². The standard InChI is InChI=1S/C26H29N3O7/c30-18-9-11-29(26(33)34)22(14-18)25(32)27-10-4-12-35-24-20-13-19(31)15-28-21(20)7-8-23(24)36-16-17-5-2-1-3-6-17/h1-3,5-8,13,15,18,22,30-31H,4,9-12,14,16H2,(H,27,32)(H,33,34)/t18-,22+/m1/s1. The Morgan fingerprint density at radius 3 is 2.72 bits per heavy atom. The van der Waals surface area contributed by atoms with Crippen molar-refractivity contribution < 1.29 is 34.4 Å². The minimum atomic E-state index is -1.18. The van der Waals surface area contributed by atoms with E-state index in [4.69, 9.17) is 9.47 Å². The van der Waals surface area contributed by atoms with Crippen LogP contribution in [-0.2, 0) is 11.4 Å². The number of benzene rings is 2. The van der Waals surface area contributed by atoms with Crippen molar-refractivity contribution in [2.45, 2.75) is 38.0 Å². The molecule has 0 spiro atoms. The van der Waals surface area contributed by atoms with Crippen molar-refractivity contribution in [1.29, 1.82) is 0 Å². The van der Waals surface area contributed by atoms with Gasteiger partial charge in [0.2, 0.25) is 5.91 Å². The van der Waals surface area contributed by atoms with E-state index in [0.29, 0.717) is 41.9 Å². The topological polar surface area (TPSA) is 141 Å². The summed E-state index contributed by atoms with van der Waals surface area (Å²) in [6.45, 7) is 0.934. The molecule has 1 aliphatic rings. The number of likely N-dealkylation sites (tertiary alicyclic amines) is 1. The number of carbonyl (C=O) groups excluding carboxylic acids is 1. The first-order valence-corrected chi connectivity index (χ1v) is 11.8. The Hall–Kier alpha value is -4.05. The summed E-state index contributed by atoms with van der Waals surface area (Å²) in [6.07, 6.45) is 0.299. The molecular formula is C26H29N3O7. The maximum absolute atomic E-state index is 12.6. The molecule has 4 N–H and O–H groups in total. The highest BCUT2D eigenvalue weighted by atomic mass is 16.5. The van der Waals surface area contributed by atoms with Gasteiger partial charge in [-0.3, -0.25) is 14.7 Å². The van der Waals surface area contributed by atoms with Crippen molar-refractivity contribution in [1.82, 2.24) is 15.2 Å². The monoisotopic (exact) mass is 495 g/mol. The predicted molar refractivity (Wildman–Crippen MR) is 131 cm³/mol. The lowest BCUT2D eigenvalue weighted by Gasteiger charge is -2.34. The third kappa shape index (κ3) is 6.14. The molecule has 10 heteroatoms. The lowest BCUT2D eigenvalue weighted by molar-refractivity contribution is -0.128. The number of hydrogen-bond donors (Lipinski definition) is 4. The van der Waals surface area contributed by atoms with E-state index in [-0.39, 0.29) is 31.9 Å². The summed E-state index contributed by atoms with van der Waals surface area (Å²) in [7, 11) is 0. The molecule has 0 bridgehead atoms. The Balaban J connectivity index is 1.38. The molecule has 2 amide bonds. The van der Waals surface area contributed by atoms with Crippen LogP contribution in [0.15, 0.2) is 54.7 Å². The maximum atomic E-state index is 12.6. The van der Waals surface area contributed by atoms with Crippen LogP contribution in [0.3, 0.4) is 0 Å². The molecule has 1 saturated heterocycles. The fourth-order valence-electron chi connectivity index (χ4n) is 4.14. The van der Waals surface area contributed by atoms with Crippen LogP contribution in [0.25, 0.3) is 10.9 Å². The van der Waals surface area contributed by atoms with Gasteiger partial charge in [0, 0.05) is 24.9 Å². The lowest BCUT2D eigenvalue weighted by atomic mass is 9.99. The third-order valence-electron chi connectivity index (χ3n) is 5.99. The fourth-order valence-corrected chi connectivity index (χ4v) is 4.14. The summed E-state index contributed by atoms with van der Waals surface area (Å²) < 4.78 is 12.0. The number of aromatic nitrogens is 1. The molecule has 4 rings (SSSR count). The number of carboxylic acid groups (broad SMARTS) is 1. The van der Waals surface area contributed by atoms with Crippen LogP contribution >= 0.6 is 0 Å². The van der Waals surface area contributed by atoms with E-state index in [1.807, 2.05) is 30.3 Å². The average molecular weight is 496 g/mol. The number of fused-ring (bicyclic) bond motifs is 1. The van der Waals surface area contributed by atoms with Crippen molar-refractivity contribution in [2.24, 2.45) is 0 Å². The number of carbonyl (C=O) groups is 2. The number of aromatic hydroxyl groups is 1. The van der Waals surface area contributed by atoms with Crippen LogP contribution in [0, 0.1) is 0 Å². The molecule has 36 heavy (non-hydrogen) atoms. The van der Waals surface area contributed by atoms with Crippen molar-refractivity contribution in [3.63, 3.8) is 0 Å². The van der Waals surface area contributed by atoms with Gasteiger partial charge in [-0.25, -0.2) is 4.79 Å². The number of ether oxygens (including phenoxy) is 2. The summed E-state index contributed by atoms with van der Waals surface area (Å²) in [6, 6.07) is 13.9. The van der Waals surface area contributed by atoms with Crippen LogP contribution < -0.4 is 14.8 Å². The number of aliphatic hydroxyl groups is 1. The molecule has 0 saturated carbocycles. The molecule has 10 nitrogen and oxygen atoms in total. The Morgan fingerprint density at radius 2 is 1.94 bits per heavy atom. The zero-order chi connectivity index (χ0) is 25.5. The summed E-state index contributed by atoms with van der Waals surface area (Å²) in [5.41, 5.74) is 1.62. The van der Waals surface area contributed by atoms with Gasteiger partial charge < -0.3 is 30.1 Å². The fraction of sp³-hybridized carbons (Fsp3) is 0.346. The summed E-state index contributed by atoms with van der Waals surface area (Å²) >= 11 is 0. The smallest absolute Gasteiger partial charge is 0.407 e. The number of nitrogens with one attached hydrogen (secondary N) is 1. The maximum Gasteiger partial charge on any atom is 0.407 e. The van der Waals surface area contributed by atoms with Gasteiger partial charge in [0.25, 0.3) is 0 Å². The second-order valence-electron chi connectivity index (χ2n) is 8.59.